The van der Waals surface area contributed by atoms with Crippen LogP contribution in [0.2, 0.25) is 0 Å². The molecule has 0 saturated carbocycles. The summed E-state index contributed by atoms with van der Waals surface area (Å²) in [7, 11) is 0. The van der Waals surface area contributed by atoms with E-state index in [1.54, 1.807) is 48.1 Å². The van der Waals surface area contributed by atoms with E-state index in [0.717, 1.165) is 38.1 Å². The number of aryl methyl sites for hydroxylation is 1. The molecule has 0 aliphatic carbocycles. The van der Waals surface area contributed by atoms with Gasteiger partial charge in [0.1, 0.15) is 11.5 Å². The Labute approximate surface area is 243 Å². The van der Waals surface area contributed by atoms with Crippen molar-refractivity contribution in [1.29, 1.82) is 0 Å². The minimum atomic E-state index is -0.104. The minimum Gasteiger partial charge on any atom is -0.454 e. The van der Waals surface area contributed by atoms with Gasteiger partial charge in [0.15, 0.2) is 22.4 Å². The SMILES string of the molecule is Cc1cccnc1Nc1nc(-c2ccccn2)cs1.O=C(/C=C/Nc1ccccc1Br)c1ccc2c(c1)OCO2. The van der Waals surface area contributed by atoms with E-state index in [9.17, 15) is 4.79 Å². The van der Waals surface area contributed by atoms with Crippen LogP contribution >= 0.6 is 27.3 Å². The van der Waals surface area contributed by atoms with Gasteiger partial charge in [-0.1, -0.05) is 24.3 Å². The molecule has 0 amide bonds. The Morgan fingerprint density at radius 2 is 1.77 bits per heavy atom. The molecule has 0 atom stereocenters. The Morgan fingerprint density at radius 3 is 2.60 bits per heavy atom. The molecule has 0 unspecified atom stereocenters. The van der Waals surface area contributed by atoms with Gasteiger partial charge in [0.05, 0.1) is 11.4 Å². The Morgan fingerprint density at radius 1 is 0.950 bits per heavy atom. The fourth-order valence-corrected chi connectivity index (χ4v) is 4.71. The first-order chi connectivity index (χ1) is 19.6. The van der Waals surface area contributed by atoms with Gasteiger partial charge in [-0.3, -0.25) is 9.78 Å². The molecular weight excluding hydrogens is 590 g/mol. The molecule has 0 bridgehead atoms. The quantitative estimate of drug-likeness (QED) is 0.143. The molecule has 2 N–H and O–H groups in total. The lowest BCUT2D eigenvalue weighted by Gasteiger charge is -2.03. The maximum atomic E-state index is 12.1. The van der Waals surface area contributed by atoms with Crippen molar-refractivity contribution in [2.45, 2.75) is 6.92 Å². The molecule has 6 rings (SSSR count). The molecule has 0 fully saturated rings. The molecule has 8 nitrogen and oxygen atoms in total. The van der Waals surface area contributed by atoms with E-state index in [0.29, 0.717) is 17.1 Å². The second kappa shape index (κ2) is 13.0. The second-order valence-corrected chi connectivity index (χ2v) is 10.1. The number of hydrogen-bond donors (Lipinski definition) is 2. The predicted octanol–water partition coefficient (Wildman–Crippen LogP) is 7.64. The van der Waals surface area contributed by atoms with Crippen LogP contribution in [0.5, 0.6) is 11.5 Å². The summed E-state index contributed by atoms with van der Waals surface area (Å²) in [5, 5.41) is 9.10. The van der Waals surface area contributed by atoms with Gasteiger partial charge in [0.2, 0.25) is 6.79 Å². The number of ketones is 1. The number of carbonyl (C=O) groups excluding carboxylic acids is 1. The molecule has 1 aliphatic rings. The van der Waals surface area contributed by atoms with E-state index in [1.807, 2.05) is 66.9 Å². The largest absolute Gasteiger partial charge is 0.454 e. The number of para-hydroxylation sites is 1. The summed E-state index contributed by atoms with van der Waals surface area (Å²) in [6.45, 7) is 2.22. The molecule has 5 aromatic rings. The zero-order chi connectivity index (χ0) is 27.7. The molecule has 4 heterocycles. The molecule has 3 aromatic heterocycles. The highest BCUT2D eigenvalue weighted by Crippen LogP contribution is 2.32. The monoisotopic (exact) mass is 613 g/mol. The molecule has 0 radical (unpaired) electrons. The summed E-state index contributed by atoms with van der Waals surface area (Å²) in [5.41, 5.74) is 4.31. The number of halogens is 1. The standard InChI is InChI=1S/C16H12BrNO3.C14H12N4S/c17-12-3-1-2-4-13(12)18-8-7-14(19)11-5-6-15-16(9-11)21-10-20-15;1-10-5-4-8-16-13(10)18-14-17-12(9-19-14)11-6-2-3-7-15-11/h1-9,18H,10H2;2-9H,1H3,(H,16,17,18)/b8-7+;. The molecule has 10 heteroatoms. The van der Waals surface area contributed by atoms with Crippen LogP contribution < -0.4 is 20.1 Å². The molecule has 0 saturated heterocycles. The first-order valence-corrected chi connectivity index (χ1v) is 13.9. The van der Waals surface area contributed by atoms with Crippen LogP contribution in [0.4, 0.5) is 16.6 Å². The number of hydrogen-bond acceptors (Lipinski definition) is 9. The van der Waals surface area contributed by atoms with Gasteiger partial charge in [0, 0.05) is 40.1 Å². The minimum absolute atomic E-state index is 0.104. The Hall–Kier alpha value is -4.54. The van der Waals surface area contributed by atoms with Crippen LogP contribution in [-0.2, 0) is 0 Å². The van der Waals surface area contributed by atoms with Crippen LogP contribution in [0.1, 0.15) is 15.9 Å². The third-order valence-electron chi connectivity index (χ3n) is 5.67. The lowest BCUT2D eigenvalue weighted by atomic mass is 10.1. The fraction of sp³-hybridized carbons (Fsp3) is 0.0667. The van der Waals surface area contributed by atoms with Gasteiger partial charge in [0.25, 0.3) is 0 Å². The average molecular weight is 615 g/mol. The molecule has 0 spiro atoms. The number of carbonyl (C=O) groups is 1. The van der Waals surface area contributed by atoms with Crippen LogP contribution in [0, 0.1) is 6.92 Å². The zero-order valence-electron chi connectivity index (χ0n) is 21.4. The van der Waals surface area contributed by atoms with Crippen molar-refractivity contribution in [3.05, 3.63) is 118 Å². The number of anilines is 3. The highest BCUT2D eigenvalue weighted by molar-refractivity contribution is 9.10. The van der Waals surface area contributed by atoms with Crippen LogP contribution in [0.15, 0.2) is 107 Å². The molecular formula is C30H24BrN5O3S. The van der Waals surface area contributed by atoms with Crippen molar-refractivity contribution < 1.29 is 14.3 Å². The first kappa shape index (κ1) is 27.0. The van der Waals surface area contributed by atoms with E-state index in [2.05, 4.69) is 41.5 Å². The Balaban J connectivity index is 0.000000162. The van der Waals surface area contributed by atoms with E-state index in [1.165, 1.54) is 6.08 Å². The first-order valence-electron chi connectivity index (χ1n) is 12.2. The van der Waals surface area contributed by atoms with Crippen molar-refractivity contribution >= 4 is 49.7 Å². The lowest BCUT2D eigenvalue weighted by Crippen LogP contribution is -1.96. The lowest BCUT2D eigenvalue weighted by molar-refractivity contribution is 0.104. The van der Waals surface area contributed by atoms with E-state index in [4.69, 9.17) is 9.47 Å². The topological polar surface area (TPSA) is 98.3 Å². The summed E-state index contributed by atoms with van der Waals surface area (Å²) >= 11 is 4.98. The maximum absolute atomic E-state index is 12.1. The summed E-state index contributed by atoms with van der Waals surface area (Å²) in [6.07, 6.45) is 6.64. The second-order valence-electron chi connectivity index (χ2n) is 8.44. The fourth-order valence-electron chi connectivity index (χ4n) is 3.61. The number of ether oxygens (including phenoxy) is 2. The van der Waals surface area contributed by atoms with Gasteiger partial charge in [-0.2, -0.15) is 0 Å². The summed E-state index contributed by atoms with van der Waals surface area (Å²) in [4.78, 5) is 25.2. The number of rotatable bonds is 7. The van der Waals surface area contributed by atoms with E-state index >= 15 is 0 Å². The highest BCUT2D eigenvalue weighted by Gasteiger charge is 2.15. The van der Waals surface area contributed by atoms with Gasteiger partial charge in [-0.05, 0) is 76.9 Å². The van der Waals surface area contributed by atoms with Gasteiger partial charge in [-0.15, -0.1) is 11.3 Å². The Kier molecular flexibility index (Phi) is 8.79. The van der Waals surface area contributed by atoms with Crippen molar-refractivity contribution in [3.8, 4) is 22.9 Å². The zero-order valence-corrected chi connectivity index (χ0v) is 23.8. The van der Waals surface area contributed by atoms with Gasteiger partial charge in [-0.25, -0.2) is 9.97 Å². The number of thiazole rings is 1. The number of allylic oxidation sites excluding steroid dienone is 1. The number of benzene rings is 2. The third-order valence-corrected chi connectivity index (χ3v) is 7.12. The van der Waals surface area contributed by atoms with Crippen molar-refractivity contribution in [2.24, 2.45) is 0 Å². The van der Waals surface area contributed by atoms with E-state index < -0.39 is 0 Å². The van der Waals surface area contributed by atoms with Crippen molar-refractivity contribution in [2.75, 3.05) is 17.4 Å². The Bertz CT molecular complexity index is 1640. The number of fused-ring (bicyclic) bond motifs is 1. The van der Waals surface area contributed by atoms with Gasteiger partial charge < -0.3 is 20.1 Å². The normalized spacial score (nSPS) is 11.6. The summed E-state index contributed by atoms with van der Waals surface area (Å²) in [5.74, 6) is 2.01. The van der Waals surface area contributed by atoms with Crippen LogP contribution in [0.3, 0.4) is 0 Å². The average Bonchev–Trinajstić information content (AvgIpc) is 3.65. The van der Waals surface area contributed by atoms with Crippen molar-refractivity contribution in [1.82, 2.24) is 15.0 Å². The molecule has 200 valence electrons. The smallest absolute Gasteiger partial charge is 0.231 e. The maximum Gasteiger partial charge on any atom is 0.231 e. The summed E-state index contributed by atoms with van der Waals surface area (Å²) < 4.78 is 11.4. The van der Waals surface area contributed by atoms with Crippen LogP contribution in [0.25, 0.3) is 11.4 Å². The number of aromatic nitrogens is 3. The van der Waals surface area contributed by atoms with E-state index in [-0.39, 0.29) is 12.6 Å². The molecule has 1 aliphatic heterocycles. The third kappa shape index (κ3) is 6.90. The summed E-state index contributed by atoms with van der Waals surface area (Å²) in [6, 6.07) is 22.6. The predicted molar refractivity (Wildman–Crippen MR) is 161 cm³/mol. The van der Waals surface area contributed by atoms with Crippen LogP contribution in [-0.4, -0.2) is 27.5 Å². The highest BCUT2D eigenvalue weighted by atomic mass is 79.9. The molecule has 2 aromatic carbocycles. The molecule has 40 heavy (non-hydrogen) atoms. The number of pyridine rings is 2. The van der Waals surface area contributed by atoms with Gasteiger partial charge >= 0.3 is 0 Å². The number of nitrogens with one attached hydrogen (secondary N) is 2. The van der Waals surface area contributed by atoms with Crippen molar-refractivity contribution in [3.63, 3.8) is 0 Å². The number of nitrogens with zero attached hydrogens (tertiary/aromatic N) is 3.